The Morgan fingerprint density at radius 3 is 2.59 bits per heavy atom. The van der Waals surface area contributed by atoms with Gasteiger partial charge in [0.05, 0.1) is 38.5 Å². The Kier molecular flexibility index (Phi) is 7.04. The molecule has 1 saturated heterocycles. The van der Waals surface area contributed by atoms with Crippen molar-refractivity contribution in [3.05, 3.63) is 85.8 Å². The molecule has 2 atom stereocenters. The minimum Gasteiger partial charge on any atom is -0.436 e. The van der Waals surface area contributed by atoms with Crippen molar-refractivity contribution in [2.45, 2.75) is 30.8 Å². The van der Waals surface area contributed by atoms with E-state index in [1.807, 2.05) is 30.3 Å². The highest BCUT2D eigenvalue weighted by atomic mass is 35.5. The molecule has 2 aromatic carbocycles. The van der Waals surface area contributed by atoms with Crippen LogP contribution in [0.5, 0.6) is 0 Å². The number of carbonyl (C=O) groups is 4. The molecule has 0 unspecified atom stereocenters. The third-order valence-corrected chi connectivity index (χ3v) is 8.50. The number of halogens is 2. The predicted octanol–water partition coefficient (Wildman–Crippen LogP) is 4.14. The highest BCUT2D eigenvalue weighted by Gasteiger charge is 2.49. The molecule has 2 aliphatic rings. The molecule has 5 rings (SSSR count). The zero-order valence-electron chi connectivity index (χ0n) is 20.5. The highest BCUT2D eigenvalue weighted by Crippen LogP contribution is 2.46. The van der Waals surface area contributed by atoms with Gasteiger partial charge in [0, 0.05) is 6.54 Å². The number of rotatable bonds is 6. The third-order valence-electron chi connectivity index (χ3n) is 7.03. The lowest BCUT2D eigenvalue weighted by Crippen LogP contribution is -2.54. The van der Waals surface area contributed by atoms with Gasteiger partial charge < -0.3 is 21.1 Å². The Labute approximate surface area is 231 Å². The van der Waals surface area contributed by atoms with E-state index in [2.05, 4.69) is 5.32 Å². The number of fused-ring (bicyclic) bond motifs is 2. The fourth-order valence-corrected chi connectivity index (χ4v) is 6.42. The van der Waals surface area contributed by atoms with Crippen LogP contribution in [0.1, 0.15) is 54.8 Å². The second kappa shape index (κ2) is 10.3. The molecule has 0 bridgehead atoms. The average molecular weight is 571 g/mol. The molecule has 1 spiro atoms. The zero-order valence-corrected chi connectivity index (χ0v) is 22.1. The number of anilines is 1. The van der Waals surface area contributed by atoms with Crippen molar-refractivity contribution in [3.63, 3.8) is 0 Å². The minimum absolute atomic E-state index is 0.0567. The summed E-state index contributed by atoms with van der Waals surface area (Å²) in [7, 11) is 0. The topological polar surface area (TPSA) is 145 Å². The number of amides is 4. The summed E-state index contributed by atoms with van der Waals surface area (Å²) in [4.78, 5) is 52.6. The van der Waals surface area contributed by atoms with Crippen LogP contribution in [0.15, 0.2) is 48.5 Å². The molecule has 3 aromatic rings. The quantitative estimate of drug-likeness (QED) is 0.408. The Bertz CT molecular complexity index is 1500. The molecule has 0 radical (unpaired) electrons. The normalized spacial score (nSPS) is 19.1. The van der Waals surface area contributed by atoms with E-state index in [0.29, 0.717) is 13.0 Å². The maximum atomic E-state index is 15.3. The average Bonchev–Trinajstić information content (AvgIpc) is 3.35. The summed E-state index contributed by atoms with van der Waals surface area (Å²) in [6.45, 7) is 0.167. The summed E-state index contributed by atoms with van der Waals surface area (Å²) in [5.74, 6) is -3.59. The number of primary amides is 2. The van der Waals surface area contributed by atoms with E-state index in [9.17, 15) is 19.2 Å². The standard InChI is InChI=1S/C27H24ClFN4O5S/c28-17-7-8-18-20(21(17)29)27(38-26(37)32-18)9-4-10-33(13-27)25(36)16(11-14-5-2-1-3-6-14)15-12-19(23(30)34)39-22(15)24(31)35/h1-3,5-8,12,16H,4,9-11,13H2,(H2,30,34)(H2,31,35)(H,32,37)/t16-,27-/m0/s1. The number of nitrogens with zero attached hydrogens (tertiary/aromatic N) is 1. The van der Waals surface area contributed by atoms with E-state index >= 15 is 4.39 Å². The first kappa shape index (κ1) is 26.6. The summed E-state index contributed by atoms with van der Waals surface area (Å²) in [5.41, 5.74) is 11.0. The number of nitrogens with two attached hydrogens (primary N) is 2. The molecular weight excluding hydrogens is 547 g/mol. The van der Waals surface area contributed by atoms with Gasteiger partial charge in [-0.25, -0.2) is 9.18 Å². The van der Waals surface area contributed by atoms with Crippen LogP contribution in [0.3, 0.4) is 0 Å². The van der Waals surface area contributed by atoms with Crippen LogP contribution < -0.4 is 16.8 Å². The summed E-state index contributed by atoms with van der Waals surface area (Å²) >= 11 is 6.91. The number of benzene rings is 2. The molecule has 12 heteroatoms. The van der Waals surface area contributed by atoms with Gasteiger partial charge >= 0.3 is 6.09 Å². The number of piperidine rings is 1. The number of hydrogen-bond donors (Lipinski definition) is 3. The van der Waals surface area contributed by atoms with Crippen molar-refractivity contribution in [2.75, 3.05) is 18.4 Å². The lowest BCUT2D eigenvalue weighted by Gasteiger charge is -2.45. The molecule has 202 valence electrons. The monoisotopic (exact) mass is 570 g/mol. The predicted molar refractivity (Wildman–Crippen MR) is 143 cm³/mol. The van der Waals surface area contributed by atoms with Crippen molar-refractivity contribution in [3.8, 4) is 0 Å². The van der Waals surface area contributed by atoms with Gasteiger partial charge in [0.1, 0.15) is 0 Å². The van der Waals surface area contributed by atoms with Crippen LogP contribution in [-0.2, 0) is 21.6 Å². The molecule has 0 saturated carbocycles. The lowest BCUT2D eigenvalue weighted by molar-refractivity contribution is -0.140. The summed E-state index contributed by atoms with van der Waals surface area (Å²) in [6.07, 6.45) is 0.103. The molecule has 1 fully saturated rings. The van der Waals surface area contributed by atoms with Gasteiger partial charge in [-0.15, -0.1) is 11.3 Å². The summed E-state index contributed by atoms with van der Waals surface area (Å²) < 4.78 is 21.0. The molecule has 3 heterocycles. The Balaban J connectivity index is 1.57. The lowest BCUT2D eigenvalue weighted by atomic mass is 9.82. The van der Waals surface area contributed by atoms with E-state index in [1.54, 1.807) is 0 Å². The van der Waals surface area contributed by atoms with E-state index in [0.717, 1.165) is 16.9 Å². The Morgan fingerprint density at radius 1 is 1.15 bits per heavy atom. The zero-order chi connectivity index (χ0) is 27.9. The van der Waals surface area contributed by atoms with Crippen molar-refractivity contribution in [1.82, 2.24) is 4.90 Å². The SMILES string of the molecule is NC(=O)c1cc([C@H](Cc2ccccc2)C(=O)N2CCC[C@@]3(C2)OC(=O)Nc2ccc(Cl)c(F)c23)c(C(N)=O)s1. The largest absolute Gasteiger partial charge is 0.436 e. The van der Waals surface area contributed by atoms with Crippen LogP contribution in [0, 0.1) is 5.82 Å². The van der Waals surface area contributed by atoms with E-state index in [4.69, 9.17) is 27.8 Å². The van der Waals surface area contributed by atoms with Gasteiger partial charge in [0.25, 0.3) is 11.8 Å². The van der Waals surface area contributed by atoms with Gasteiger partial charge in [-0.3, -0.25) is 19.7 Å². The van der Waals surface area contributed by atoms with Crippen molar-refractivity contribution >= 4 is 52.4 Å². The van der Waals surface area contributed by atoms with E-state index in [1.165, 1.54) is 23.1 Å². The fraction of sp³-hybridized carbons (Fsp3) is 0.259. The van der Waals surface area contributed by atoms with Crippen LogP contribution in [0.4, 0.5) is 14.9 Å². The van der Waals surface area contributed by atoms with Gasteiger partial charge in [-0.1, -0.05) is 41.9 Å². The van der Waals surface area contributed by atoms with Gasteiger partial charge in [-0.2, -0.15) is 0 Å². The van der Waals surface area contributed by atoms with Crippen molar-refractivity contribution < 1.29 is 28.3 Å². The number of carbonyl (C=O) groups excluding carboxylic acids is 4. The number of ether oxygens (including phenoxy) is 1. The first-order valence-electron chi connectivity index (χ1n) is 12.1. The second-order valence-electron chi connectivity index (χ2n) is 9.52. The number of thiophene rings is 1. The number of likely N-dealkylation sites (tertiary alicyclic amines) is 1. The van der Waals surface area contributed by atoms with Gasteiger partial charge in [0.15, 0.2) is 11.4 Å². The van der Waals surface area contributed by atoms with E-state index in [-0.39, 0.29) is 51.0 Å². The third kappa shape index (κ3) is 4.95. The molecule has 0 aliphatic carbocycles. The molecule has 1 aromatic heterocycles. The highest BCUT2D eigenvalue weighted by molar-refractivity contribution is 7.16. The summed E-state index contributed by atoms with van der Waals surface area (Å²) in [5, 5.41) is 2.36. The van der Waals surface area contributed by atoms with Gasteiger partial charge in [0.2, 0.25) is 5.91 Å². The Hall–Kier alpha value is -3.96. The first-order valence-corrected chi connectivity index (χ1v) is 13.3. The molecule has 5 N–H and O–H groups in total. The summed E-state index contributed by atoms with van der Waals surface area (Å²) in [6, 6.07) is 13.4. The second-order valence-corrected chi connectivity index (χ2v) is 11.0. The molecule has 4 amide bonds. The van der Waals surface area contributed by atoms with Crippen LogP contribution >= 0.6 is 22.9 Å². The maximum absolute atomic E-state index is 15.3. The molecular formula is C27H24ClFN4O5S. The van der Waals surface area contributed by atoms with Crippen LogP contribution in [0.25, 0.3) is 0 Å². The van der Waals surface area contributed by atoms with Crippen molar-refractivity contribution in [1.29, 1.82) is 0 Å². The first-order chi connectivity index (χ1) is 18.6. The number of hydrogen-bond acceptors (Lipinski definition) is 6. The minimum atomic E-state index is -1.46. The molecule has 2 aliphatic heterocycles. The number of nitrogens with one attached hydrogen (secondary N) is 1. The van der Waals surface area contributed by atoms with Gasteiger partial charge in [-0.05, 0) is 48.6 Å². The fourth-order valence-electron chi connectivity index (χ4n) is 5.34. The molecule has 9 nitrogen and oxygen atoms in total. The van der Waals surface area contributed by atoms with Crippen molar-refractivity contribution in [2.24, 2.45) is 11.5 Å². The smallest absolute Gasteiger partial charge is 0.412 e. The molecule has 39 heavy (non-hydrogen) atoms. The van der Waals surface area contributed by atoms with Crippen LogP contribution in [0.2, 0.25) is 5.02 Å². The maximum Gasteiger partial charge on any atom is 0.412 e. The van der Waals surface area contributed by atoms with E-state index < -0.39 is 41.2 Å². The Morgan fingerprint density at radius 2 is 1.90 bits per heavy atom. The van der Waals surface area contributed by atoms with Crippen LogP contribution in [-0.4, -0.2) is 41.8 Å².